The van der Waals surface area contributed by atoms with Crippen LogP contribution in [0.1, 0.15) is 58.4 Å². The zero-order valence-corrected chi connectivity index (χ0v) is 13.6. The van der Waals surface area contributed by atoms with Gasteiger partial charge in [0.25, 0.3) is 0 Å². The molecule has 1 aliphatic carbocycles. The van der Waals surface area contributed by atoms with Gasteiger partial charge in [-0.1, -0.05) is 33.6 Å². The molecule has 1 aliphatic rings. The van der Waals surface area contributed by atoms with Crippen LogP contribution in [-0.2, 0) is 6.42 Å². The van der Waals surface area contributed by atoms with Gasteiger partial charge in [-0.3, -0.25) is 0 Å². The van der Waals surface area contributed by atoms with Gasteiger partial charge in [0.1, 0.15) is 0 Å². The number of hydrogen-bond donors (Lipinski definition) is 1. The maximum Gasteiger partial charge on any atom is 0.0141 e. The molecule has 2 unspecified atom stereocenters. The zero-order valence-electron chi connectivity index (χ0n) is 12.7. The van der Waals surface area contributed by atoms with Gasteiger partial charge in [0.05, 0.1) is 0 Å². The summed E-state index contributed by atoms with van der Waals surface area (Å²) < 4.78 is 0. The Labute approximate surface area is 122 Å². The van der Waals surface area contributed by atoms with E-state index < -0.39 is 0 Å². The number of rotatable bonds is 6. The van der Waals surface area contributed by atoms with Crippen LogP contribution in [0.5, 0.6) is 0 Å². The SMILES string of the molecule is CCCNC(Cc1ccsc1)C1CCCCC1(C)C. The second-order valence-corrected chi connectivity index (χ2v) is 7.52. The summed E-state index contributed by atoms with van der Waals surface area (Å²) in [5.74, 6) is 0.827. The first-order valence-corrected chi connectivity index (χ1v) is 8.82. The Hall–Kier alpha value is -0.340. The van der Waals surface area contributed by atoms with Gasteiger partial charge in [0.2, 0.25) is 0 Å². The van der Waals surface area contributed by atoms with E-state index in [0.29, 0.717) is 11.5 Å². The summed E-state index contributed by atoms with van der Waals surface area (Å²) in [7, 11) is 0. The summed E-state index contributed by atoms with van der Waals surface area (Å²) in [4.78, 5) is 0. The molecule has 1 aromatic rings. The van der Waals surface area contributed by atoms with Crippen LogP contribution >= 0.6 is 11.3 Å². The van der Waals surface area contributed by atoms with Crippen LogP contribution in [0.25, 0.3) is 0 Å². The molecule has 0 aliphatic heterocycles. The van der Waals surface area contributed by atoms with Crippen LogP contribution in [0.2, 0.25) is 0 Å². The Kier molecular flexibility index (Phi) is 5.47. The van der Waals surface area contributed by atoms with Gasteiger partial charge in [0.15, 0.2) is 0 Å². The highest BCUT2D eigenvalue weighted by molar-refractivity contribution is 7.07. The Bertz CT molecular complexity index is 355. The maximum absolute atomic E-state index is 3.84. The molecule has 108 valence electrons. The average molecular weight is 279 g/mol. The minimum atomic E-state index is 0.500. The Morgan fingerprint density at radius 2 is 2.26 bits per heavy atom. The van der Waals surface area contributed by atoms with Gasteiger partial charge in [-0.05, 0) is 66.0 Å². The molecule has 0 amide bonds. The van der Waals surface area contributed by atoms with Crippen LogP contribution in [0.4, 0.5) is 0 Å². The minimum absolute atomic E-state index is 0.500. The summed E-state index contributed by atoms with van der Waals surface area (Å²) >= 11 is 1.82. The number of thiophene rings is 1. The molecule has 1 aromatic heterocycles. The third-order valence-corrected chi connectivity index (χ3v) is 5.50. The van der Waals surface area contributed by atoms with Gasteiger partial charge in [0, 0.05) is 6.04 Å². The summed E-state index contributed by atoms with van der Waals surface area (Å²) in [5, 5.41) is 8.36. The molecular weight excluding hydrogens is 250 g/mol. The third kappa shape index (κ3) is 4.06. The molecule has 0 radical (unpaired) electrons. The lowest BCUT2D eigenvalue weighted by Gasteiger charge is -2.43. The highest BCUT2D eigenvalue weighted by Gasteiger charge is 2.37. The predicted molar refractivity (Wildman–Crippen MR) is 85.8 cm³/mol. The van der Waals surface area contributed by atoms with E-state index in [1.165, 1.54) is 44.1 Å². The van der Waals surface area contributed by atoms with Crippen molar-refractivity contribution in [2.75, 3.05) is 6.54 Å². The largest absolute Gasteiger partial charge is 0.313 e. The van der Waals surface area contributed by atoms with Crippen molar-refractivity contribution in [3.63, 3.8) is 0 Å². The van der Waals surface area contributed by atoms with Crippen LogP contribution in [-0.4, -0.2) is 12.6 Å². The monoisotopic (exact) mass is 279 g/mol. The normalized spacial score (nSPS) is 24.3. The minimum Gasteiger partial charge on any atom is -0.313 e. The molecule has 1 heterocycles. The second kappa shape index (κ2) is 6.90. The first-order valence-electron chi connectivity index (χ1n) is 7.88. The van der Waals surface area contributed by atoms with Crippen molar-refractivity contribution in [1.29, 1.82) is 0 Å². The fraction of sp³-hybridized carbons (Fsp3) is 0.765. The van der Waals surface area contributed by atoms with Crippen LogP contribution in [0, 0.1) is 11.3 Å². The van der Waals surface area contributed by atoms with E-state index in [4.69, 9.17) is 0 Å². The lowest BCUT2D eigenvalue weighted by Crippen LogP contribution is -2.46. The lowest BCUT2D eigenvalue weighted by molar-refractivity contribution is 0.0981. The predicted octanol–water partition coefficient (Wildman–Crippen LogP) is 4.88. The summed E-state index contributed by atoms with van der Waals surface area (Å²) in [6.45, 7) is 8.37. The molecule has 0 bridgehead atoms. The van der Waals surface area contributed by atoms with Gasteiger partial charge in [-0.15, -0.1) is 0 Å². The first-order chi connectivity index (χ1) is 9.13. The molecule has 0 aromatic carbocycles. The van der Waals surface area contributed by atoms with Crippen molar-refractivity contribution >= 4 is 11.3 Å². The van der Waals surface area contributed by atoms with E-state index in [9.17, 15) is 0 Å². The van der Waals surface area contributed by atoms with E-state index in [2.05, 4.69) is 42.9 Å². The van der Waals surface area contributed by atoms with E-state index in [0.717, 1.165) is 12.5 Å². The third-order valence-electron chi connectivity index (χ3n) is 4.77. The highest BCUT2D eigenvalue weighted by atomic mass is 32.1. The smallest absolute Gasteiger partial charge is 0.0141 e. The van der Waals surface area contributed by atoms with E-state index in [-0.39, 0.29) is 0 Å². The highest BCUT2D eigenvalue weighted by Crippen LogP contribution is 2.43. The Morgan fingerprint density at radius 1 is 1.42 bits per heavy atom. The quantitative estimate of drug-likeness (QED) is 0.783. The number of nitrogens with one attached hydrogen (secondary N) is 1. The fourth-order valence-electron chi connectivity index (χ4n) is 3.62. The fourth-order valence-corrected chi connectivity index (χ4v) is 4.30. The maximum atomic E-state index is 3.84. The van der Waals surface area contributed by atoms with Crippen LogP contribution in [0.15, 0.2) is 16.8 Å². The molecule has 1 N–H and O–H groups in total. The standard InChI is InChI=1S/C17H29NS/c1-4-10-18-16(12-14-8-11-19-13-14)15-7-5-6-9-17(15,2)3/h8,11,13,15-16,18H,4-7,9-10,12H2,1-3H3. The lowest BCUT2D eigenvalue weighted by atomic mass is 9.65. The topological polar surface area (TPSA) is 12.0 Å². The van der Waals surface area contributed by atoms with Crippen molar-refractivity contribution in [2.45, 2.75) is 65.3 Å². The van der Waals surface area contributed by atoms with Crippen molar-refractivity contribution in [2.24, 2.45) is 11.3 Å². The second-order valence-electron chi connectivity index (χ2n) is 6.74. The molecular formula is C17H29NS. The van der Waals surface area contributed by atoms with Crippen LogP contribution < -0.4 is 5.32 Å². The van der Waals surface area contributed by atoms with Gasteiger partial charge in [-0.25, -0.2) is 0 Å². The van der Waals surface area contributed by atoms with Gasteiger partial charge < -0.3 is 5.32 Å². The van der Waals surface area contributed by atoms with E-state index >= 15 is 0 Å². The Balaban J connectivity index is 2.06. The molecule has 19 heavy (non-hydrogen) atoms. The zero-order chi connectivity index (χ0) is 13.7. The van der Waals surface area contributed by atoms with Crippen LogP contribution in [0.3, 0.4) is 0 Å². The molecule has 1 nitrogen and oxygen atoms in total. The van der Waals surface area contributed by atoms with E-state index in [1.54, 1.807) is 0 Å². The molecule has 2 rings (SSSR count). The molecule has 0 saturated heterocycles. The molecule has 0 spiro atoms. The van der Waals surface area contributed by atoms with Gasteiger partial charge in [-0.2, -0.15) is 11.3 Å². The number of hydrogen-bond acceptors (Lipinski definition) is 2. The summed E-state index contributed by atoms with van der Waals surface area (Å²) in [5.41, 5.74) is 2.01. The van der Waals surface area contributed by atoms with Crippen molar-refractivity contribution in [3.05, 3.63) is 22.4 Å². The van der Waals surface area contributed by atoms with E-state index in [1.807, 2.05) is 11.3 Å². The van der Waals surface area contributed by atoms with Crippen molar-refractivity contribution in [1.82, 2.24) is 5.32 Å². The average Bonchev–Trinajstić information content (AvgIpc) is 2.87. The molecule has 1 fully saturated rings. The molecule has 1 saturated carbocycles. The molecule has 2 heteroatoms. The van der Waals surface area contributed by atoms with Gasteiger partial charge >= 0.3 is 0 Å². The molecule has 2 atom stereocenters. The summed E-state index contributed by atoms with van der Waals surface area (Å²) in [6, 6.07) is 2.95. The Morgan fingerprint density at radius 3 is 2.89 bits per heavy atom. The summed E-state index contributed by atoms with van der Waals surface area (Å²) in [6.07, 6.45) is 8.07. The first kappa shape index (κ1) is 15.1. The van der Waals surface area contributed by atoms with Crippen molar-refractivity contribution in [3.8, 4) is 0 Å². The van der Waals surface area contributed by atoms with Crippen molar-refractivity contribution < 1.29 is 0 Å².